The van der Waals surface area contributed by atoms with Gasteiger partial charge in [-0.3, -0.25) is 4.98 Å². The van der Waals surface area contributed by atoms with Crippen LogP contribution in [0.3, 0.4) is 0 Å². The van der Waals surface area contributed by atoms with Crippen LogP contribution < -0.4 is 15.8 Å². The number of halogens is 1. The zero-order valence-electron chi connectivity index (χ0n) is 15.8. The van der Waals surface area contributed by atoms with Crippen LogP contribution in [-0.2, 0) is 10.0 Å². The highest BCUT2D eigenvalue weighted by Gasteiger charge is 2.13. The van der Waals surface area contributed by atoms with Crippen molar-refractivity contribution in [2.24, 2.45) is 5.14 Å². The maximum Gasteiger partial charge on any atom is 0.238 e. The summed E-state index contributed by atoms with van der Waals surface area (Å²) < 4.78 is 37.7. The second-order valence-corrected chi connectivity index (χ2v) is 8.11. The van der Waals surface area contributed by atoms with E-state index in [0.717, 1.165) is 17.1 Å². The van der Waals surface area contributed by atoms with Crippen molar-refractivity contribution in [1.29, 1.82) is 0 Å². The number of benzene rings is 2. The number of nitrogens with two attached hydrogens (primary N) is 1. The number of nitrogens with one attached hydrogen (secondary N) is 2. The van der Waals surface area contributed by atoms with Crippen LogP contribution in [0.15, 0.2) is 65.8 Å². The van der Waals surface area contributed by atoms with E-state index in [-0.39, 0.29) is 16.7 Å². The third-order valence-corrected chi connectivity index (χ3v) is 5.40. The molecule has 30 heavy (non-hydrogen) atoms. The highest BCUT2D eigenvalue weighted by Crippen LogP contribution is 2.24. The molecule has 10 heteroatoms. The Morgan fingerprint density at radius 1 is 0.967 bits per heavy atom. The first-order valence-corrected chi connectivity index (χ1v) is 10.4. The highest BCUT2D eigenvalue weighted by atomic mass is 32.2. The summed E-state index contributed by atoms with van der Waals surface area (Å²) in [6.07, 6.45) is 2.59. The van der Waals surface area contributed by atoms with Gasteiger partial charge in [0, 0.05) is 11.1 Å². The fourth-order valence-corrected chi connectivity index (χ4v) is 3.71. The van der Waals surface area contributed by atoms with E-state index in [2.05, 4.69) is 25.6 Å². The number of fused-ring (bicyclic) bond motifs is 1. The number of aromatic nitrogens is 3. The molecule has 0 saturated carbocycles. The van der Waals surface area contributed by atoms with Crippen molar-refractivity contribution in [2.75, 3.05) is 10.6 Å². The van der Waals surface area contributed by atoms with Crippen molar-refractivity contribution >= 4 is 44.1 Å². The van der Waals surface area contributed by atoms with Crippen LogP contribution in [0, 0.1) is 12.7 Å². The molecule has 0 saturated heterocycles. The maximum atomic E-state index is 14.2. The van der Waals surface area contributed by atoms with Gasteiger partial charge in [0.05, 0.1) is 28.5 Å². The quantitative estimate of drug-likeness (QED) is 0.447. The number of para-hydroxylation sites is 1. The minimum atomic E-state index is -3.88. The van der Waals surface area contributed by atoms with E-state index in [4.69, 9.17) is 5.14 Å². The van der Waals surface area contributed by atoms with Gasteiger partial charge in [-0.05, 0) is 36.8 Å². The second kappa shape index (κ2) is 7.65. The van der Waals surface area contributed by atoms with E-state index in [1.54, 1.807) is 25.3 Å². The van der Waals surface area contributed by atoms with Crippen LogP contribution in [0.4, 0.5) is 27.5 Å². The number of hydrogen-bond donors (Lipinski definition) is 3. The Hall–Kier alpha value is -3.63. The summed E-state index contributed by atoms with van der Waals surface area (Å²) in [5, 5.41) is 11.9. The molecule has 0 unspecified atom stereocenters. The number of anilines is 4. The number of nitrogens with zero attached hydrogens (tertiary/aromatic N) is 3. The van der Waals surface area contributed by atoms with Crippen LogP contribution >= 0.6 is 0 Å². The number of rotatable bonds is 5. The zero-order chi connectivity index (χ0) is 21.3. The van der Waals surface area contributed by atoms with Gasteiger partial charge in [0.2, 0.25) is 16.0 Å². The molecule has 2 aromatic carbocycles. The van der Waals surface area contributed by atoms with Crippen LogP contribution in [0.1, 0.15) is 5.56 Å². The Labute approximate surface area is 172 Å². The van der Waals surface area contributed by atoms with E-state index < -0.39 is 15.8 Å². The summed E-state index contributed by atoms with van der Waals surface area (Å²) in [5.74, 6) is -0.622. The first-order chi connectivity index (χ1) is 14.3. The fourth-order valence-electron chi connectivity index (χ4n) is 2.90. The van der Waals surface area contributed by atoms with Crippen molar-refractivity contribution in [3.05, 3.63) is 72.3 Å². The van der Waals surface area contributed by atoms with Gasteiger partial charge >= 0.3 is 0 Å². The summed E-state index contributed by atoms with van der Waals surface area (Å²) in [5.41, 5.74) is 2.28. The Kier molecular flexibility index (Phi) is 5.02. The number of sulfonamides is 1. The number of primary sulfonamides is 1. The lowest BCUT2D eigenvalue weighted by atomic mass is 10.2. The fraction of sp³-hybridized carbons (Fsp3) is 0.0500. The lowest BCUT2D eigenvalue weighted by Gasteiger charge is -2.11. The van der Waals surface area contributed by atoms with Gasteiger partial charge in [-0.15, -0.1) is 0 Å². The third kappa shape index (κ3) is 4.19. The van der Waals surface area contributed by atoms with E-state index >= 15 is 0 Å². The Bertz CT molecular complexity index is 1360. The molecule has 0 atom stereocenters. The summed E-state index contributed by atoms with van der Waals surface area (Å²) >= 11 is 0. The van der Waals surface area contributed by atoms with Crippen LogP contribution in [-0.4, -0.2) is 23.4 Å². The molecule has 0 amide bonds. The molecular weight excluding hydrogens is 407 g/mol. The van der Waals surface area contributed by atoms with Crippen molar-refractivity contribution in [2.45, 2.75) is 11.8 Å². The van der Waals surface area contributed by atoms with Gasteiger partial charge in [0.25, 0.3) is 0 Å². The molecule has 0 fully saturated rings. The third-order valence-electron chi connectivity index (χ3n) is 4.35. The molecule has 8 nitrogen and oxygen atoms in total. The first kappa shape index (κ1) is 19.7. The Morgan fingerprint density at radius 2 is 1.77 bits per heavy atom. The first-order valence-electron chi connectivity index (χ1n) is 8.84. The minimum absolute atomic E-state index is 0.0183. The van der Waals surface area contributed by atoms with E-state index in [0.29, 0.717) is 16.9 Å². The normalized spacial score (nSPS) is 11.4. The summed E-state index contributed by atoms with van der Waals surface area (Å²) in [7, 11) is -3.88. The Morgan fingerprint density at radius 3 is 2.57 bits per heavy atom. The average molecular weight is 424 g/mol. The van der Waals surface area contributed by atoms with Gasteiger partial charge in [0.1, 0.15) is 0 Å². The van der Waals surface area contributed by atoms with E-state index in [1.165, 1.54) is 6.07 Å². The molecule has 4 rings (SSSR count). The maximum absolute atomic E-state index is 14.2. The molecule has 0 aliphatic carbocycles. The number of hydrogen-bond acceptors (Lipinski definition) is 7. The molecule has 0 spiro atoms. The Balaban J connectivity index is 1.62. The average Bonchev–Trinajstić information content (AvgIpc) is 2.71. The standard InChI is InChI=1S/C20H17FN6O2S/c1-12-6-7-14(9-18(12)30(22,28)29)26-20-24-11-16(21)19(27-20)25-15-8-13-4-2-3-5-17(13)23-10-15/h2-11H,1H3,(H2,22,28,29)(H2,24,25,26,27). The molecule has 0 aliphatic rings. The predicted molar refractivity (Wildman–Crippen MR) is 113 cm³/mol. The van der Waals surface area contributed by atoms with Crippen LogP contribution in [0.25, 0.3) is 10.9 Å². The lowest BCUT2D eigenvalue weighted by molar-refractivity contribution is 0.597. The van der Waals surface area contributed by atoms with Gasteiger partial charge in [-0.25, -0.2) is 22.9 Å². The van der Waals surface area contributed by atoms with Gasteiger partial charge in [-0.2, -0.15) is 4.98 Å². The van der Waals surface area contributed by atoms with Crippen LogP contribution in [0.5, 0.6) is 0 Å². The monoisotopic (exact) mass is 424 g/mol. The zero-order valence-corrected chi connectivity index (χ0v) is 16.6. The van der Waals surface area contributed by atoms with Gasteiger partial charge in [0.15, 0.2) is 11.6 Å². The molecule has 152 valence electrons. The minimum Gasteiger partial charge on any atom is -0.336 e. The van der Waals surface area contributed by atoms with Crippen molar-refractivity contribution in [1.82, 2.24) is 15.0 Å². The number of pyridine rings is 1. The van der Waals surface area contributed by atoms with Crippen molar-refractivity contribution in [3.63, 3.8) is 0 Å². The summed E-state index contributed by atoms with van der Waals surface area (Å²) in [6, 6.07) is 14.0. The topological polar surface area (TPSA) is 123 Å². The molecule has 0 bridgehead atoms. The summed E-state index contributed by atoms with van der Waals surface area (Å²) in [6.45, 7) is 1.64. The molecule has 2 heterocycles. The molecule has 4 aromatic rings. The molecule has 2 aromatic heterocycles. The summed E-state index contributed by atoms with van der Waals surface area (Å²) in [4.78, 5) is 12.4. The molecule has 4 N–H and O–H groups in total. The number of aryl methyl sites for hydroxylation is 1. The lowest BCUT2D eigenvalue weighted by Crippen LogP contribution is -2.14. The SMILES string of the molecule is Cc1ccc(Nc2ncc(F)c(Nc3cnc4ccccc4c3)n2)cc1S(N)(=O)=O. The largest absolute Gasteiger partial charge is 0.336 e. The predicted octanol–water partition coefficient (Wildman–Crippen LogP) is 3.61. The second-order valence-electron chi connectivity index (χ2n) is 6.58. The van der Waals surface area contributed by atoms with Gasteiger partial charge < -0.3 is 10.6 Å². The van der Waals surface area contributed by atoms with Crippen molar-refractivity contribution in [3.8, 4) is 0 Å². The van der Waals surface area contributed by atoms with E-state index in [9.17, 15) is 12.8 Å². The molecular formula is C20H17FN6O2S. The van der Waals surface area contributed by atoms with Crippen molar-refractivity contribution < 1.29 is 12.8 Å². The van der Waals surface area contributed by atoms with Gasteiger partial charge in [-0.1, -0.05) is 24.3 Å². The molecule has 0 aliphatic heterocycles. The van der Waals surface area contributed by atoms with E-state index in [1.807, 2.05) is 30.3 Å². The molecule has 0 radical (unpaired) electrons. The smallest absolute Gasteiger partial charge is 0.238 e. The van der Waals surface area contributed by atoms with Crippen LogP contribution in [0.2, 0.25) is 0 Å². The highest BCUT2D eigenvalue weighted by molar-refractivity contribution is 7.89.